The van der Waals surface area contributed by atoms with Crippen molar-refractivity contribution in [2.45, 2.75) is 6.92 Å². The average Bonchev–Trinajstić information content (AvgIpc) is 1.89. The molecule has 0 unspecified atom stereocenters. The van der Waals surface area contributed by atoms with E-state index in [4.69, 9.17) is 0 Å². The first kappa shape index (κ1) is 9.65. The van der Waals surface area contributed by atoms with Gasteiger partial charge >= 0.3 is 0 Å². The molecule has 1 rings (SSSR count). The molecule has 0 saturated carbocycles. The van der Waals surface area contributed by atoms with Crippen LogP contribution in [0, 0.1) is 6.92 Å². The van der Waals surface area contributed by atoms with Gasteiger partial charge < -0.3 is 0 Å². The molecule has 1 aromatic rings. The van der Waals surface area contributed by atoms with E-state index in [1.807, 2.05) is 18.2 Å². The van der Waals surface area contributed by atoms with Crippen molar-refractivity contribution in [3.63, 3.8) is 0 Å². The van der Waals surface area contributed by atoms with E-state index < -0.39 is 0 Å². The third kappa shape index (κ3) is 2.11. The van der Waals surface area contributed by atoms with Crippen LogP contribution < -0.4 is 0 Å². The summed E-state index contributed by atoms with van der Waals surface area (Å²) in [6, 6.07) is 8.19. The second kappa shape index (κ2) is 4.46. The molecule has 0 spiro atoms. The number of hydrogen-bond donors (Lipinski definition) is 0. The minimum absolute atomic E-state index is 0. The minimum Gasteiger partial charge on any atom is -0.0985 e. The van der Waals surface area contributed by atoms with Crippen molar-refractivity contribution in [3.8, 4) is 0 Å². The first-order valence-electron chi connectivity index (χ1n) is 3.02. The quantitative estimate of drug-likeness (QED) is 0.748. The van der Waals surface area contributed by atoms with Gasteiger partial charge in [0.1, 0.15) is 0 Å². The zero-order valence-corrected chi connectivity index (χ0v) is 8.18. The first-order chi connectivity index (χ1) is 4.34. The second-order valence-electron chi connectivity index (χ2n) is 2.06. The Hall–Kier alpha value is -0.352. The predicted octanol–water partition coefficient (Wildman–Crippen LogP) is 2.64. The Morgan fingerprint density at radius 3 is 2.30 bits per heavy atom. The fraction of sp³-hybridized carbons (Fsp3) is 0.111. The Labute approximate surface area is 76.2 Å². The van der Waals surface area contributed by atoms with Crippen LogP contribution in [0.25, 0.3) is 6.08 Å². The number of hydrogen-bond acceptors (Lipinski definition) is 0. The van der Waals surface area contributed by atoms with Crippen molar-refractivity contribution >= 4 is 6.08 Å². The summed E-state index contributed by atoms with van der Waals surface area (Å²) in [7, 11) is 0. The third-order valence-corrected chi connectivity index (χ3v) is 1.41. The van der Waals surface area contributed by atoms with Gasteiger partial charge in [-0.1, -0.05) is 36.9 Å². The topological polar surface area (TPSA) is 0 Å². The number of rotatable bonds is 1. The van der Waals surface area contributed by atoms with Crippen LogP contribution in [-0.2, 0) is 21.1 Å². The molecular weight excluding hydrogens is 303 g/mol. The van der Waals surface area contributed by atoms with E-state index in [9.17, 15) is 0 Å². The standard InChI is InChI=1S/C9H10.Pt/c1-3-9-7-5-4-6-8(9)2;/h3-7H,1H2,2H3;. The maximum atomic E-state index is 3.69. The smallest absolute Gasteiger partial charge is 0 e. The Morgan fingerprint density at radius 2 is 1.90 bits per heavy atom. The van der Waals surface area contributed by atoms with Crippen molar-refractivity contribution in [1.29, 1.82) is 0 Å². The van der Waals surface area contributed by atoms with Crippen LogP contribution in [0.3, 0.4) is 0 Å². The first-order valence-corrected chi connectivity index (χ1v) is 3.02. The molecule has 0 aliphatic rings. The van der Waals surface area contributed by atoms with Crippen LogP contribution in [0.1, 0.15) is 11.1 Å². The predicted molar refractivity (Wildman–Crippen MR) is 41.3 cm³/mol. The molecule has 56 valence electrons. The van der Waals surface area contributed by atoms with Crippen molar-refractivity contribution in [1.82, 2.24) is 0 Å². The van der Waals surface area contributed by atoms with E-state index in [1.165, 1.54) is 11.1 Å². The van der Waals surface area contributed by atoms with Gasteiger partial charge in [-0.3, -0.25) is 0 Å². The van der Waals surface area contributed by atoms with Crippen LogP contribution in [0.4, 0.5) is 0 Å². The molecule has 0 radical (unpaired) electrons. The zero-order valence-electron chi connectivity index (χ0n) is 5.91. The van der Waals surface area contributed by atoms with Crippen LogP contribution in [0.2, 0.25) is 0 Å². The Morgan fingerprint density at radius 1 is 1.30 bits per heavy atom. The fourth-order valence-electron chi connectivity index (χ4n) is 0.816. The minimum atomic E-state index is 0. The fourth-order valence-corrected chi connectivity index (χ4v) is 0.816. The molecule has 1 heteroatoms. The van der Waals surface area contributed by atoms with E-state index in [0.29, 0.717) is 0 Å². The molecule has 0 amide bonds. The molecule has 10 heavy (non-hydrogen) atoms. The molecule has 0 N–H and O–H groups in total. The van der Waals surface area contributed by atoms with E-state index in [1.54, 1.807) is 0 Å². The van der Waals surface area contributed by atoms with Gasteiger partial charge in [-0.05, 0) is 18.1 Å². The zero-order chi connectivity index (χ0) is 6.69. The van der Waals surface area contributed by atoms with Crippen molar-refractivity contribution < 1.29 is 21.1 Å². The van der Waals surface area contributed by atoms with Gasteiger partial charge in [0.15, 0.2) is 0 Å². The van der Waals surface area contributed by atoms with Crippen LogP contribution >= 0.6 is 0 Å². The maximum Gasteiger partial charge on any atom is 0 e. The molecular formula is C9H10Pt. The van der Waals surface area contributed by atoms with Gasteiger partial charge in [0, 0.05) is 21.1 Å². The number of benzene rings is 1. The summed E-state index contributed by atoms with van der Waals surface area (Å²) in [5.41, 5.74) is 2.50. The van der Waals surface area contributed by atoms with E-state index in [-0.39, 0.29) is 21.1 Å². The van der Waals surface area contributed by atoms with E-state index in [2.05, 4.69) is 25.6 Å². The summed E-state index contributed by atoms with van der Waals surface area (Å²) < 4.78 is 0. The van der Waals surface area contributed by atoms with Gasteiger partial charge in [0.05, 0.1) is 0 Å². The Balaban J connectivity index is 0.000000810. The molecule has 0 aliphatic carbocycles. The molecule has 0 bridgehead atoms. The van der Waals surface area contributed by atoms with Gasteiger partial charge in [0.25, 0.3) is 0 Å². The van der Waals surface area contributed by atoms with Gasteiger partial charge in [-0.15, -0.1) is 0 Å². The summed E-state index contributed by atoms with van der Waals surface area (Å²) in [5, 5.41) is 0. The van der Waals surface area contributed by atoms with Crippen molar-refractivity contribution in [3.05, 3.63) is 42.0 Å². The monoisotopic (exact) mass is 313 g/mol. The van der Waals surface area contributed by atoms with Crippen LogP contribution in [0.5, 0.6) is 0 Å². The summed E-state index contributed by atoms with van der Waals surface area (Å²) in [6.45, 7) is 5.77. The summed E-state index contributed by atoms with van der Waals surface area (Å²) in [5.74, 6) is 0. The Kier molecular flexibility index (Phi) is 4.30. The summed E-state index contributed by atoms with van der Waals surface area (Å²) in [6.07, 6.45) is 1.87. The maximum absolute atomic E-state index is 3.69. The SMILES string of the molecule is C=Cc1ccccc1C.[Pt]. The molecule has 0 heterocycles. The molecule has 0 aromatic heterocycles. The van der Waals surface area contributed by atoms with Gasteiger partial charge in [-0.25, -0.2) is 0 Å². The van der Waals surface area contributed by atoms with Gasteiger partial charge in [0.2, 0.25) is 0 Å². The second-order valence-corrected chi connectivity index (χ2v) is 2.06. The molecule has 0 aliphatic heterocycles. The number of aryl methyl sites for hydroxylation is 1. The van der Waals surface area contributed by atoms with Crippen LogP contribution in [0.15, 0.2) is 30.8 Å². The molecule has 0 saturated heterocycles. The largest absolute Gasteiger partial charge is 0.0985 e. The van der Waals surface area contributed by atoms with Crippen molar-refractivity contribution in [2.24, 2.45) is 0 Å². The third-order valence-electron chi connectivity index (χ3n) is 1.41. The summed E-state index contributed by atoms with van der Waals surface area (Å²) in [4.78, 5) is 0. The van der Waals surface area contributed by atoms with E-state index >= 15 is 0 Å². The molecule has 0 nitrogen and oxygen atoms in total. The molecule has 1 aromatic carbocycles. The van der Waals surface area contributed by atoms with Gasteiger partial charge in [-0.2, -0.15) is 0 Å². The van der Waals surface area contributed by atoms with Crippen LogP contribution in [-0.4, -0.2) is 0 Å². The molecule has 0 fully saturated rings. The molecule has 0 atom stereocenters. The van der Waals surface area contributed by atoms with Crippen molar-refractivity contribution in [2.75, 3.05) is 0 Å². The van der Waals surface area contributed by atoms with E-state index in [0.717, 1.165) is 0 Å². The normalized spacial score (nSPS) is 8.10. The Bertz CT molecular complexity index is 216. The summed E-state index contributed by atoms with van der Waals surface area (Å²) >= 11 is 0. The average molecular weight is 313 g/mol.